The SMILES string of the molecule is CCC1(CNC2=NCC3CN(C(=O)OC(C)(C)C)CCN23)CC1.I. The molecule has 1 atom stereocenters. The molecule has 1 N–H and O–H groups in total. The molecule has 1 saturated carbocycles. The van der Waals surface area contributed by atoms with E-state index in [4.69, 9.17) is 4.74 Å². The van der Waals surface area contributed by atoms with Crippen molar-refractivity contribution in [3.05, 3.63) is 0 Å². The number of piperazine rings is 1. The number of amides is 1. The molecule has 3 rings (SSSR count). The molecule has 6 nitrogen and oxygen atoms in total. The maximum Gasteiger partial charge on any atom is 0.410 e. The van der Waals surface area contributed by atoms with E-state index in [0.717, 1.165) is 25.6 Å². The van der Waals surface area contributed by atoms with Crippen molar-refractivity contribution in [2.75, 3.05) is 32.7 Å². The number of fused-ring (bicyclic) bond motifs is 1. The molecule has 2 aliphatic heterocycles. The van der Waals surface area contributed by atoms with Crippen LogP contribution < -0.4 is 5.32 Å². The number of guanidine groups is 1. The van der Waals surface area contributed by atoms with Gasteiger partial charge in [-0.15, -0.1) is 24.0 Å². The molecule has 1 saturated heterocycles. The topological polar surface area (TPSA) is 57.2 Å². The van der Waals surface area contributed by atoms with Gasteiger partial charge in [-0.25, -0.2) is 4.79 Å². The summed E-state index contributed by atoms with van der Waals surface area (Å²) >= 11 is 0. The second-order valence-electron chi connectivity index (χ2n) is 8.14. The predicted octanol–water partition coefficient (Wildman–Crippen LogP) is 2.68. The Kier molecular flexibility index (Phi) is 5.92. The minimum Gasteiger partial charge on any atom is -0.444 e. The Balaban J connectivity index is 0.00000208. The zero-order valence-electron chi connectivity index (χ0n) is 15.3. The van der Waals surface area contributed by atoms with Gasteiger partial charge in [0.05, 0.1) is 12.6 Å². The number of hydrogen-bond donors (Lipinski definition) is 1. The smallest absolute Gasteiger partial charge is 0.410 e. The molecule has 7 heteroatoms. The molecule has 0 aromatic carbocycles. The summed E-state index contributed by atoms with van der Waals surface area (Å²) in [6.45, 7) is 12.0. The second-order valence-corrected chi connectivity index (χ2v) is 8.14. The van der Waals surface area contributed by atoms with E-state index < -0.39 is 5.60 Å². The molecule has 1 amide bonds. The van der Waals surface area contributed by atoms with E-state index in [1.807, 2.05) is 25.7 Å². The van der Waals surface area contributed by atoms with Crippen LogP contribution in [0.4, 0.5) is 4.79 Å². The van der Waals surface area contributed by atoms with E-state index in [1.165, 1.54) is 19.3 Å². The summed E-state index contributed by atoms with van der Waals surface area (Å²) in [4.78, 5) is 21.0. The number of nitrogens with zero attached hydrogens (tertiary/aromatic N) is 3. The molecule has 2 fully saturated rings. The number of hydrogen-bond acceptors (Lipinski definition) is 5. The fourth-order valence-electron chi connectivity index (χ4n) is 3.32. The molecule has 0 bridgehead atoms. The largest absolute Gasteiger partial charge is 0.444 e. The first-order valence-electron chi connectivity index (χ1n) is 8.85. The van der Waals surface area contributed by atoms with Crippen molar-refractivity contribution < 1.29 is 9.53 Å². The quantitative estimate of drug-likeness (QED) is 0.672. The van der Waals surface area contributed by atoms with Crippen molar-refractivity contribution in [3.8, 4) is 0 Å². The summed E-state index contributed by atoms with van der Waals surface area (Å²) in [7, 11) is 0. The maximum atomic E-state index is 12.2. The summed E-state index contributed by atoms with van der Waals surface area (Å²) in [6.07, 6.45) is 3.70. The summed E-state index contributed by atoms with van der Waals surface area (Å²) in [6, 6.07) is 0.288. The number of halogens is 1. The fourth-order valence-corrected chi connectivity index (χ4v) is 3.32. The van der Waals surface area contributed by atoms with E-state index in [1.54, 1.807) is 0 Å². The number of ether oxygens (including phenoxy) is 1. The number of carbonyl (C=O) groups excluding carboxylic acids is 1. The van der Waals surface area contributed by atoms with Crippen LogP contribution in [0.3, 0.4) is 0 Å². The van der Waals surface area contributed by atoms with Gasteiger partial charge in [-0.2, -0.15) is 0 Å². The minimum absolute atomic E-state index is 0. The molecular formula is C17H31IN4O2. The monoisotopic (exact) mass is 450 g/mol. The van der Waals surface area contributed by atoms with Crippen LogP contribution in [0, 0.1) is 5.41 Å². The summed E-state index contributed by atoms with van der Waals surface area (Å²) in [5.41, 5.74) is 0.0742. The van der Waals surface area contributed by atoms with Crippen LogP contribution in [0.2, 0.25) is 0 Å². The first kappa shape index (κ1) is 19.6. The lowest BCUT2D eigenvalue weighted by Crippen LogP contribution is -2.57. The van der Waals surface area contributed by atoms with Gasteiger partial charge in [-0.05, 0) is 45.4 Å². The van der Waals surface area contributed by atoms with Crippen molar-refractivity contribution in [2.45, 2.75) is 58.6 Å². The highest BCUT2D eigenvalue weighted by atomic mass is 127. The van der Waals surface area contributed by atoms with Gasteiger partial charge in [-0.3, -0.25) is 4.99 Å². The molecule has 1 unspecified atom stereocenters. The normalized spacial score (nSPS) is 24.7. The Hall–Kier alpha value is -0.730. The average Bonchev–Trinajstić information content (AvgIpc) is 3.16. The standard InChI is InChI=1S/C17H30N4O2.HI/c1-5-17(6-7-17)12-19-14-18-10-13-11-20(8-9-21(13)14)15(22)23-16(2,3)4;/h13H,5-12H2,1-4H3,(H,18,19);1H. The van der Waals surface area contributed by atoms with Crippen LogP contribution in [-0.4, -0.2) is 66.2 Å². The Morgan fingerprint density at radius 3 is 2.67 bits per heavy atom. The summed E-state index contributed by atoms with van der Waals surface area (Å²) in [5, 5.41) is 3.56. The van der Waals surface area contributed by atoms with Crippen molar-refractivity contribution in [3.63, 3.8) is 0 Å². The van der Waals surface area contributed by atoms with Crippen LogP contribution in [-0.2, 0) is 4.74 Å². The van der Waals surface area contributed by atoms with Crippen molar-refractivity contribution in [2.24, 2.45) is 10.4 Å². The van der Waals surface area contributed by atoms with Crippen LogP contribution in [0.5, 0.6) is 0 Å². The first-order chi connectivity index (χ1) is 10.8. The van der Waals surface area contributed by atoms with Gasteiger partial charge in [0, 0.05) is 26.2 Å². The highest BCUT2D eigenvalue weighted by Gasteiger charge is 2.42. The summed E-state index contributed by atoms with van der Waals surface area (Å²) in [5.74, 6) is 1.03. The zero-order valence-corrected chi connectivity index (χ0v) is 17.6. The Morgan fingerprint density at radius 1 is 1.38 bits per heavy atom. The molecule has 138 valence electrons. The Bertz CT molecular complexity index is 499. The van der Waals surface area contributed by atoms with Gasteiger partial charge in [0.25, 0.3) is 0 Å². The lowest BCUT2D eigenvalue weighted by molar-refractivity contribution is 0.0137. The molecule has 0 radical (unpaired) electrons. The van der Waals surface area contributed by atoms with Gasteiger partial charge in [0.1, 0.15) is 5.60 Å². The first-order valence-corrected chi connectivity index (χ1v) is 8.85. The van der Waals surface area contributed by atoms with E-state index >= 15 is 0 Å². The lowest BCUT2D eigenvalue weighted by Gasteiger charge is -2.39. The third kappa shape index (κ3) is 4.46. The number of nitrogens with one attached hydrogen (secondary N) is 1. The second kappa shape index (κ2) is 7.25. The molecule has 24 heavy (non-hydrogen) atoms. The maximum absolute atomic E-state index is 12.2. The average molecular weight is 450 g/mol. The van der Waals surface area contributed by atoms with Gasteiger partial charge < -0.3 is 19.9 Å². The predicted molar refractivity (Wildman–Crippen MR) is 106 cm³/mol. The minimum atomic E-state index is -0.439. The molecule has 3 aliphatic rings. The van der Waals surface area contributed by atoms with E-state index in [0.29, 0.717) is 18.5 Å². The highest BCUT2D eigenvalue weighted by molar-refractivity contribution is 14.0. The van der Waals surface area contributed by atoms with Gasteiger partial charge in [-0.1, -0.05) is 6.92 Å². The van der Waals surface area contributed by atoms with Crippen molar-refractivity contribution in [1.29, 1.82) is 0 Å². The van der Waals surface area contributed by atoms with Crippen molar-refractivity contribution in [1.82, 2.24) is 15.1 Å². The Labute approximate surface area is 162 Å². The van der Waals surface area contributed by atoms with Crippen LogP contribution in [0.25, 0.3) is 0 Å². The summed E-state index contributed by atoms with van der Waals surface area (Å²) < 4.78 is 5.48. The van der Waals surface area contributed by atoms with Gasteiger partial charge >= 0.3 is 6.09 Å². The molecule has 1 aliphatic carbocycles. The van der Waals surface area contributed by atoms with E-state index in [2.05, 4.69) is 22.1 Å². The van der Waals surface area contributed by atoms with Crippen LogP contribution in [0.15, 0.2) is 4.99 Å². The van der Waals surface area contributed by atoms with Crippen LogP contribution in [0.1, 0.15) is 47.0 Å². The van der Waals surface area contributed by atoms with Gasteiger partial charge in [0.15, 0.2) is 5.96 Å². The lowest BCUT2D eigenvalue weighted by atomic mass is 10.0. The molecular weight excluding hydrogens is 419 g/mol. The van der Waals surface area contributed by atoms with E-state index in [-0.39, 0.29) is 36.1 Å². The highest BCUT2D eigenvalue weighted by Crippen LogP contribution is 2.47. The molecule has 0 aromatic heterocycles. The third-order valence-corrected chi connectivity index (χ3v) is 5.19. The van der Waals surface area contributed by atoms with Gasteiger partial charge in [0.2, 0.25) is 0 Å². The van der Waals surface area contributed by atoms with Crippen molar-refractivity contribution >= 4 is 36.0 Å². The van der Waals surface area contributed by atoms with E-state index in [9.17, 15) is 4.79 Å². The Morgan fingerprint density at radius 2 is 2.08 bits per heavy atom. The number of aliphatic imine (C=N–C) groups is 1. The zero-order chi connectivity index (χ0) is 16.7. The van der Waals surface area contributed by atoms with Crippen LogP contribution >= 0.6 is 24.0 Å². The fraction of sp³-hybridized carbons (Fsp3) is 0.882. The third-order valence-electron chi connectivity index (χ3n) is 5.19. The molecule has 2 heterocycles. The number of carbonyl (C=O) groups is 1. The molecule has 0 aromatic rings. The molecule has 0 spiro atoms. The number of rotatable bonds is 3.